The Hall–Kier alpha value is -2.65. The molecule has 0 unspecified atom stereocenters. The van der Waals surface area contributed by atoms with Crippen LogP contribution >= 0.6 is 0 Å². The molecule has 10 heteroatoms. The molecule has 0 bridgehead atoms. The summed E-state index contributed by atoms with van der Waals surface area (Å²) in [5.74, 6) is -1.40. The lowest BCUT2D eigenvalue weighted by Crippen LogP contribution is -2.52. The monoisotopic (exact) mass is 430 g/mol. The van der Waals surface area contributed by atoms with E-state index in [0.717, 1.165) is 11.3 Å². The number of likely N-dealkylation sites (tertiary alicyclic amines) is 1. The summed E-state index contributed by atoms with van der Waals surface area (Å²) in [6.07, 6.45) is 2.42. The Labute approximate surface area is 177 Å². The van der Waals surface area contributed by atoms with Crippen molar-refractivity contribution in [2.75, 3.05) is 14.2 Å². The summed E-state index contributed by atoms with van der Waals surface area (Å²) in [5, 5.41) is 2.55. The molecular weight excluding hydrogens is 396 g/mol. The average molecular weight is 430 g/mol. The number of amides is 3. The first-order valence-corrected chi connectivity index (χ1v) is 9.50. The van der Waals surface area contributed by atoms with E-state index >= 15 is 0 Å². The lowest BCUT2D eigenvalue weighted by atomic mass is 10.0. The number of carbonyl (C=O) groups excluding carboxylic acids is 5. The molecule has 0 aliphatic carbocycles. The number of rotatable bonds is 2. The molecule has 0 saturated carbocycles. The number of methoxy groups -OCH3 is 2. The van der Waals surface area contributed by atoms with E-state index in [4.69, 9.17) is 4.74 Å². The highest BCUT2D eigenvalue weighted by Crippen LogP contribution is 2.22. The fraction of sp³-hybridized carbons (Fsp3) is 0.750. The fourth-order valence-corrected chi connectivity index (χ4v) is 2.89. The Morgan fingerprint density at radius 3 is 2.03 bits per heavy atom. The number of hydrogen-bond acceptors (Lipinski definition) is 8. The number of hydrogen-bond donors (Lipinski definition) is 1. The summed E-state index contributed by atoms with van der Waals surface area (Å²) in [5.41, 5.74) is -0.713. The van der Waals surface area contributed by atoms with Gasteiger partial charge in [-0.15, -0.1) is 0 Å². The molecule has 1 N–H and O–H groups in total. The van der Waals surface area contributed by atoms with Crippen molar-refractivity contribution in [3.05, 3.63) is 0 Å². The number of nitrogens with zero attached hydrogens (tertiary/aromatic N) is 1. The Bertz CT molecular complexity index is 641. The van der Waals surface area contributed by atoms with Gasteiger partial charge < -0.3 is 19.5 Å². The highest BCUT2D eigenvalue weighted by atomic mass is 16.6. The zero-order valence-electron chi connectivity index (χ0n) is 17.6. The van der Waals surface area contributed by atoms with E-state index in [9.17, 15) is 24.0 Å². The van der Waals surface area contributed by atoms with Gasteiger partial charge in [0.25, 0.3) is 0 Å². The topological polar surface area (TPSA) is 128 Å². The SMILES string of the molecule is C.COC(=O)[C@H]1CCCC(=O)N1.COC(=O)[C@H]1CCCC(=O)N1C(=O)OC(C)(C)C. The largest absolute Gasteiger partial charge is 0.467 e. The lowest BCUT2D eigenvalue weighted by molar-refractivity contribution is -0.154. The molecule has 0 spiro atoms. The lowest BCUT2D eigenvalue weighted by Gasteiger charge is -2.33. The summed E-state index contributed by atoms with van der Waals surface area (Å²) >= 11 is 0. The van der Waals surface area contributed by atoms with E-state index in [1.165, 1.54) is 14.2 Å². The van der Waals surface area contributed by atoms with Crippen LogP contribution in [0.5, 0.6) is 0 Å². The van der Waals surface area contributed by atoms with E-state index in [2.05, 4.69) is 14.8 Å². The van der Waals surface area contributed by atoms with Gasteiger partial charge in [-0.1, -0.05) is 7.43 Å². The smallest absolute Gasteiger partial charge is 0.417 e. The highest BCUT2D eigenvalue weighted by Gasteiger charge is 2.40. The molecule has 0 radical (unpaired) electrons. The normalized spacial score (nSPS) is 21.2. The second-order valence-corrected chi connectivity index (χ2v) is 7.71. The van der Waals surface area contributed by atoms with Crippen molar-refractivity contribution in [1.29, 1.82) is 0 Å². The predicted molar refractivity (Wildman–Crippen MR) is 107 cm³/mol. The second kappa shape index (κ2) is 12.1. The summed E-state index contributed by atoms with van der Waals surface area (Å²) in [6.45, 7) is 5.10. The van der Waals surface area contributed by atoms with E-state index in [1.807, 2.05) is 0 Å². The Balaban J connectivity index is 0.000000603. The van der Waals surface area contributed by atoms with Gasteiger partial charge in [0.2, 0.25) is 11.8 Å². The Kier molecular flexibility index (Phi) is 11.1. The predicted octanol–water partition coefficient (Wildman–Crippen LogP) is 1.94. The van der Waals surface area contributed by atoms with Crippen LogP contribution in [0.4, 0.5) is 4.79 Å². The number of carbonyl (C=O) groups is 5. The fourth-order valence-electron chi connectivity index (χ4n) is 2.89. The minimum Gasteiger partial charge on any atom is -0.467 e. The van der Waals surface area contributed by atoms with Gasteiger partial charge in [0.15, 0.2) is 0 Å². The maximum atomic E-state index is 11.9. The molecule has 0 aromatic carbocycles. The van der Waals surface area contributed by atoms with Crippen molar-refractivity contribution >= 4 is 29.8 Å². The molecule has 2 saturated heterocycles. The quantitative estimate of drug-likeness (QED) is 0.520. The van der Waals surface area contributed by atoms with E-state index in [1.54, 1.807) is 20.8 Å². The minimum absolute atomic E-state index is 0. The maximum Gasteiger partial charge on any atom is 0.417 e. The molecule has 3 amide bonds. The summed E-state index contributed by atoms with van der Waals surface area (Å²) in [4.78, 5) is 57.8. The molecule has 2 heterocycles. The van der Waals surface area contributed by atoms with Crippen LogP contribution in [0, 0.1) is 0 Å². The summed E-state index contributed by atoms with van der Waals surface area (Å²) in [6, 6.07) is -1.28. The zero-order valence-corrected chi connectivity index (χ0v) is 17.6. The van der Waals surface area contributed by atoms with Crippen molar-refractivity contribution in [3.8, 4) is 0 Å². The number of imide groups is 1. The number of ether oxygens (including phenoxy) is 3. The van der Waals surface area contributed by atoms with Crippen molar-refractivity contribution in [2.24, 2.45) is 0 Å². The molecule has 0 aromatic heterocycles. The minimum atomic E-state index is -0.869. The highest BCUT2D eigenvalue weighted by molar-refractivity contribution is 5.97. The van der Waals surface area contributed by atoms with Gasteiger partial charge in [-0.3, -0.25) is 9.59 Å². The van der Waals surface area contributed by atoms with Crippen molar-refractivity contribution in [3.63, 3.8) is 0 Å². The molecule has 2 fully saturated rings. The van der Waals surface area contributed by atoms with Crippen LogP contribution in [0.2, 0.25) is 0 Å². The first-order chi connectivity index (χ1) is 13.5. The molecule has 2 atom stereocenters. The van der Waals surface area contributed by atoms with Gasteiger partial charge in [-0.05, 0) is 46.5 Å². The molecule has 2 rings (SSSR count). The van der Waals surface area contributed by atoms with Crippen molar-refractivity contribution in [1.82, 2.24) is 10.2 Å². The Morgan fingerprint density at radius 1 is 0.967 bits per heavy atom. The third-order valence-corrected chi connectivity index (χ3v) is 4.23. The van der Waals surface area contributed by atoms with Crippen molar-refractivity contribution in [2.45, 2.75) is 84.4 Å². The number of piperidine rings is 2. The van der Waals surface area contributed by atoms with E-state index < -0.39 is 35.7 Å². The molecule has 30 heavy (non-hydrogen) atoms. The molecule has 172 valence electrons. The molecule has 2 aliphatic heterocycles. The van der Waals surface area contributed by atoms with Gasteiger partial charge in [0.1, 0.15) is 17.7 Å². The van der Waals surface area contributed by atoms with Crippen LogP contribution in [0.1, 0.15) is 66.7 Å². The van der Waals surface area contributed by atoms with E-state index in [0.29, 0.717) is 25.7 Å². The van der Waals surface area contributed by atoms with Crippen molar-refractivity contribution < 1.29 is 38.2 Å². The van der Waals surface area contributed by atoms with Crippen LogP contribution < -0.4 is 5.32 Å². The van der Waals surface area contributed by atoms with Crippen LogP contribution in [-0.2, 0) is 33.4 Å². The zero-order chi connectivity index (χ0) is 22.2. The van der Waals surface area contributed by atoms with Crippen LogP contribution in [0.25, 0.3) is 0 Å². The average Bonchev–Trinajstić information content (AvgIpc) is 2.65. The second-order valence-electron chi connectivity index (χ2n) is 7.71. The standard InChI is InChI=1S/C12H19NO5.C7H11NO3.CH4/c1-12(2,3)18-11(16)13-8(10(15)17-4)6-5-7-9(13)14;1-11-7(10)5-3-2-4-6(9)8-5;/h8H,5-7H2,1-4H3;5H,2-4H2,1H3,(H,8,9);1H4/t8-;5-;/m11./s1. The van der Waals surface area contributed by atoms with Gasteiger partial charge >= 0.3 is 18.0 Å². The molecule has 10 nitrogen and oxygen atoms in total. The van der Waals surface area contributed by atoms with Gasteiger partial charge in [-0.2, -0.15) is 0 Å². The van der Waals surface area contributed by atoms with Crippen LogP contribution in [-0.4, -0.2) is 66.7 Å². The first kappa shape index (κ1) is 27.4. The number of esters is 2. The van der Waals surface area contributed by atoms with E-state index in [-0.39, 0.29) is 25.7 Å². The molecule has 0 aromatic rings. The Morgan fingerprint density at radius 2 is 1.53 bits per heavy atom. The van der Waals surface area contributed by atoms with Gasteiger partial charge in [0.05, 0.1) is 14.2 Å². The first-order valence-electron chi connectivity index (χ1n) is 9.50. The summed E-state index contributed by atoms with van der Waals surface area (Å²) < 4.78 is 14.2. The summed E-state index contributed by atoms with van der Waals surface area (Å²) in [7, 11) is 2.55. The van der Waals surface area contributed by atoms with Crippen LogP contribution in [0.15, 0.2) is 0 Å². The van der Waals surface area contributed by atoms with Gasteiger partial charge in [-0.25, -0.2) is 19.3 Å². The molecular formula is C20H34N2O8. The molecule has 2 aliphatic rings. The third kappa shape index (κ3) is 8.38. The number of nitrogens with one attached hydrogen (secondary N) is 1. The van der Waals surface area contributed by atoms with Crippen LogP contribution in [0.3, 0.4) is 0 Å². The maximum absolute atomic E-state index is 11.9. The van der Waals surface area contributed by atoms with Gasteiger partial charge in [0, 0.05) is 12.8 Å². The third-order valence-electron chi connectivity index (χ3n) is 4.23.